The summed E-state index contributed by atoms with van der Waals surface area (Å²) in [7, 11) is -3.85. The molecular weight excluding hydrogens is 388 g/mol. The van der Waals surface area contributed by atoms with Crippen LogP contribution in [0.5, 0.6) is 5.75 Å². The zero-order valence-electron chi connectivity index (χ0n) is 15.6. The lowest BCUT2D eigenvalue weighted by Crippen LogP contribution is -2.14. The van der Waals surface area contributed by atoms with Crippen LogP contribution in [-0.2, 0) is 10.0 Å². The van der Waals surface area contributed by atoms with Gasteiger partial charge in [0.05, 0.1) is 16.7 Å². The molecule has 7 heteroatoms. The molecule has 29 heavy (non-hydrogen) atoms. The molecule has 0 atom stereocenters. The predicted molar refractivity (Wildman–Crippen MR) is 112 cm³/mol. The van der Waals surface area contributed by atoms with Gasteiger partial charge in [-0.3, -0.25) is 9.52 Å². The predicted octanol–water partition coefficient (Wildman–Crippen LogP) is 4.53. The van der Waals surface area contributed by atoms with Gasteiger partial charge >= 0.3 is 0 Å². The Morgan fingerprint density at radius 3 is 2.62 bits per heavy atom. The molecule has 1 saturated carbocycles. The fraction of sp³-hybridized carbons (Fsp3) is 0.227. The normalized spacial score (nSPS) is 16.2. The zero-order valence-corrected chi connectivity index (χ0v) is 16.5. The van der Waals surface area contributed by atoms with E-state index in [1.165, 1.54) is 18.9 Å². The number of ether oxygens (including phenoxy) is 1. The van der Waals surface area contributed by atoms with Gasteiger partial charge in [0, 0.05) is 28.1 Å². The maximum Gasteiger partial charge on any atom is 0.262 e. The Morgan fingerprint density at radius 1 is 1.00 bits per heavy atom. The van der Waals surface area contributed by atoms with E-state index in [0.717, 1.165) is 12.8 Å². The molecule has 148 valence electrons. The van der Waals surface area contributed by atoms with E-state index in [-0.39, 0.29) is 16.9 Å². The van der Waals surface area contributed by atoms with E-state index in [1.807, 2.05) is 6.07 Å². The van der Waals surface area contributed by atoms with E-state index in [2.05, 4.69) is 10.0 Å². The van der Waals surface area contributed by atoms with Crippen LogP contribution >= 0.6 is 0 Å². The molecule has 0 radical (unpaired) electrons. The quantitative estimate of drug-likeness (QED) is 0.650. The molecule has 1 heterocycles. The van der Waals surface area contributed by atoms with Gasteiger partial charge in [0.15, 0.2) is 0 Å². The van der Waals surface area contributed by atoms with Crippen molar-refractivity contribution in [2.75, 3.05) is 10.0 Å². The third kappa shape index (κ3) is 3.21. The van der Waals surface area contributed by atoms with E-state index in [1.54, 1.807) is 42.5 Å². The van der Waals surface area contributed by atoms with Crippen LogP contribution in [0.15, 0.2) is 59.5 Å². The summed E-state index contributed by atoms with van der Waals surface area (Å²) in [6, 6.07) is 15.3. The minimum atomic E-state index is -3.85. The highest BCUT2D eigenvalue weighted by Crippen LogP contribution is 2.37. The highest BCUT2D eigenvalue weighted by molar-refractivity contribution is 7.93. The number of carbonyl (C=O) groups is 1. The van der Waals surface area contributed by atoms with Crippen LogP contribution in [0.2, 0.25) is 0 Å². The van der Waals surface area contributed by atoms with E-state index in [0.29, 0.717) is 33.5 Å². The van der Waals surface area contributed by atoms with E-state index in [9.17, 15) is 13.2 Å². The van der Waals surface area contributed by atoms with Gasteiger partial charge < -0.3 is 10.1 Å². The first kappa shape index (κ1) is 18.0. The van der Waals surface area contributed by atoms with Gasteiger partial charge in [-0.1, -0.05) is 18.2 Å². The third-order valence-corrected chi connectivity index (χ3v) is 6.91. The van der Waals surface area contributed by atoms with Crippen molar-refractivity contribution in [2.24, 2.45) is 0 Å². The molecule has 0 saturated heterocycles. The van der Waals surface area contributed by atoms with Gasteiger partial charge in [0.25, 0.3) is 15.9 Å². The van der Waals surface area contributed by atoms with Gasteiger partial charge in [0.2, 0.25) is 0 Å². The van der Waals surface area contributed by atoms with Gasteiger partial charge in [-0.2, -0.15) is 0 Å². The smallest absolute Gasteiger partial charge is 0.262 e. The molecule has 6 nitrogen and oxygen atoms in total. The first-order valence-corrected chi connectivity index (χ1v) is 11.2. The van der Waals surface area contributed by atoms with Crippen LogP contribution in [0, 0.1) is 0 Å². The Kier molecular flexibility index (Phi) is 4.20. The van der Waals surface area contributed by atoms with Gasteiger partial charge in [-0.25, -0.2) is 8.42 Å². The van der Waals surface area contributed by atoms with Crippen LogP contribution in [0.4, 0.5) is 11.4 Å². The third-order valence-electron chi connectivity index (χ3n) is 5.47. The maximum absolute atomic E-state index is 13.1. The largest absolute Gasteiger partial charge is 0.490 e. The molecule has 1 aliphatic heterocycles. The van der Waals surface area contributed by atoms with Crippen molar-refractivity contribution in [1.82, 2.24) is 0 Å². The average Bonchev–Trinajstić information content (AvgIpc) is 3.31. The van der Waals surface area contributed by atoms with E-state index < -0.39 is 10.0 Å². The van der Waals surface area contributed by atoms with Gasteiger partial charge in [-0.05, 0) is 56.0 Å². The number of benzene rings is 3. The summed E-state index contributed by atoms with van der Waals surface area (Å²) in [4.78, 5) is 12.2. The molecule has 0 unspecified atom stereocenters. The Morgan fingerprint density at radius 2 is 1.79 bits per heavy atom. The van der Waals surface area contributed by atoms with Gasteiger partial charge in [-0.15, -0.1) is 0 Å². The summed E-state index contributed by atoms with van der Waals surface area (Å²) in [6.07, 6.45) is 4.59. The van der Waals surface area contributed by atoms with Crippen LogP contribution < -0.4 is 14.8 Å². The molecule has 2 aliphatic rings. The van der Waals surface area contributed by atoms with Crippen molar-refractivity contribution in [2.45, 2.75) is 36.7 Å². The number of nitrogens with one attached hydrogen (secondary N) is 2. The van der Waals surface area contributed by atoms with Crippen molar-refractivity contribution < 1.29 is 17.9 Å². The van der Waals surface area contributed by atoms with Crippen LogP contribution in [-0.4, -0.2) is 20.4 Å². The lowest BCUT2D eigenvalue weighted by molar-refractivity contribution is 0.103. The summed E-state index contributed by atoms with van der Waals surface area (Å²) in [5.41, 5.74) is 1.56. The highest BCUT2D eigenvalue weighted by atomic mass is 32.2. The number of hydrogen-bond donors (Lipinski definition) is 2. The number of hydrogen-bond acceptors (Lipinski definition) is 4. The van der Waals surface area contributed by atoms with Gasteiger partial charge in [0.1, 0.15) is 5.75 Å². The summed E-state index contributed by atoms with van der Waals surface area (Å²) < 4.78 is 34.9. The number of anilines is 2. The minimum Gasteiger partial charge on any atom is -0.490 e. The number of rotatable bonds is 5. The van der Waals surface area contributed by atoms with Crippen LogP contribution in [0.3, 0.4) is 0 Å². The molecular formula is C22H20N2O4S. The summed E-state index contributed by atoms with van der Waals surface area (Å²) in [5.74, 6) is 0.442. The standard InChI is InChI=1S/C22H20N2O4S/c25-22-18-10-4-9-17-20(12-11-19(23-22)21(17)18)29(26,27)24-14-5-3-8-16(13-14)28-15-6-1-2-7-15/h3-5,8-13,15,24H,1-2,6-7H2,(H,23,25). The fourth-order valence-corrected chi connectivity index (χ4v) is 5.39. The monoisotopic (exact) mass is 408 g/mol. The molecule has 3 aromatic carbocycles. The molecule has 0 spiro atoms. The van der Waals surface area contributed by atoms with E-state index in [4.69, 9.17) is 4.74 Å². The topological polar surface area (TPSA) is 84.5 Å². The highest BCUT2D eigenvalue weighted by Gasteiger charge is 2.26. The second kappa shape index (κ2) is 6.77. The molecule has 1 amide bonds. The molecule has 0 aromatic heterocycles. The first-order valence-electron chi connectivity index (χ1n) is 9.68. The second-order valence-corrected chi connectivity index (χ2v) is 9.10. The maximum atomic E-state index is 13.1. The molecule has 1 fully saturated rings. The summed E-state index contributed by atoms with van der Waals surface area (Å²) in [5, 5.41) is 3.93. The van der Waals surface area contributed by atoms with Crippen LogP contribution in [0.1, 0.15) is 36.0 Å². The SMILES string of the molecule is O=C1Nc2ccc(S(=O)(=O)Nc3cccc(OC4CCCC4)c3)c3cccc1c23. The van der Waals surface area contributed by atoms with Crippen molar-refractivity contribution in [1.29, 1.82) is 0 Å². The molecule has 0 bridgehead atoms. The Hall–Kier alpha value is -3.06. The molecule has 3 aromatic rings. The number of amides is 1. The lowest BCUT2D eigenvalue weighted by Gasteiger charge is -2.15. The van der Waals surface area contributed by atoms with Crippen molar-refractivity contribution in [3.05, 3.63) is 60.2 Å². The van der Waals surface area contributed by atoms with Crippen molar-refractivity contribution in [3.63, 3.8) is 0 Å². The summed E-state index contributed by atoms with van der Waals surface area (Å²) >= 11 is 0. The Labute approximate surface area is 168 Å². The molecule has 2 N–H and O–H groups in total. The Balaban J connectivity index is 1.48. The first-order chi connectivity index (χ1) is 14.0. The Bertz CT molecular complexity index is 1230. The second-order valence-electron chi connectivity index (χ2n) is 7.45. The van der Waals surface area contributed by atoms with Crippen molar-refractivity contribution in [3.8, 4) is 5.75 Å². The van der Waals surface area contributed by atoms with Crippen LogP contribution in [0.25, 0.3) is 10.8 Å². The lowest BCUT2D eigenvalue weighted by atomic mass is 10.1. The van der Waals surface area contributed by atoms with E-state index >= 15 is 0 Å². The average molecular weight is 408 g/mol. The molecule has 5 rings (SSSR count). The molecule has 1 aliphatic carbocycles. The fourth-order valence-electron chi connectivity index (χ4n) is 4.14. The zero-order chi connectivity index (χ0) is 20.0. The number of sulfonamides is 1. The summed E-state index contributed by atoms with van der Waals surface area (Å²) in [6.45, 7) is 0. The minimum absolute atomic E-state index is 0.136. The number of carbonyl (C=O) groups excluding carboxylic acids is 1. The van der Waals surface area contributed by atoms with Crippen molar-refractivity contribution >= 4 is 38.1 Å².